The maximum Gasteiger partial charge on any atom is 0.274 e. The lowest BCUT2D eigenvalue weighted by atomic mass is 10.1. The predicted molar refractivity (Wildman–Crippen MR) is 107 cm³/mol. The molecule has 1 heterocycles. The Kier molecular flexibility index (Phi) is 5.57. The van der Waals surface area contributed by atoms with Crippen molar-refractivity contribution in [1.82, 2.24) is 9.97 Å². The molecule has 0 atom stereocenters. The largest absolute Gasteiger partial charge is 0.495 e. The summed E-state index contributed by atoms with van der Waals surface area (Å²) in [6.07, 6.45) is 1.35. The van der Waals surface area contributed by atoms with Crippen LogP contribution >= 0.6 is 11.6 Å². The fraction of sp³-hybridized carbons (Fsp3) is 0.150. The van der Waals surface area contributed by atoms with Gasteiger partial charge in [0.05, 0.1) is 12.1 Å². The number of halogens is 1. The average molecular weight is 383 g/mol. The zero-order chi connectivity index (χ0) is 19.4. The summed E-state index contributed by atoms with van der Waals surface area (Å²) in [5.41, 5.74) is 3.97. The minimum atomic E-state index is -0.359. The van der Waals surface area contributed by atoms with Crippen molar-refractivity contribution in [3.63, 3.8) is 0 Å². The van der Waals surface area contributed by atoms with E-state index >= 15 is 0 Å². The summed E-state index contributed by atoms with van der Waals surface area (Å²) in [5, 5.41) is 6.37. The van der Waals surface area contributed by atoms with Crippen LogP contribution in [0.15, 0.2) is 48.8 Å². The number of hydrogen-bond acceptors (Lipinski definition) is 5. The topological polar surface area (TPSA) is 76.1 Å². The molecule has 27 heavy (non-hydrogen) atoms. The molecule has 0 fully saturated rings. The number of methoxy groups -OCH3 is 1. The molecule has 1 aromatic heterocycles. The van der Waals surface area contributed by atoms with E-state index in [2.05, 4.69) is 26.7 Å². The van der Waals surface area contributed by atoms with E-state index in [1.807, 2.05) is 26.0 Å². The standard InChI is InChI=1S/C20H19ClN4O2/c1-12-6-13(2)8-15(7-12)24-19-10-17(22-11-23-19)20(26)25-14-4-5-18(27-3)16(21)9-14/h4-11H,1-3H3,(H,25,26)(H,22,23,24). The summed E-state index contributed by atoms with van der Waals surface area (Å²) in [5.74, 6) is 0.714. The number of nitrogens with zero attached hydrogens (tertiary/aromatic N) is 2. The molecule has 1 amide bonds. The highest BCUT2D eigenvalue weighted by atomic mass is 35.5. The van der Waals surface area contributed by atoms with Gasteiger partial charge in [0.2, 0.25) is 0 Å². The van der Waals surface area contributed by atoms with Gasteiger partial charge in [0.1, 0.15) is 23.6 Å². The van der Waals surface area contributed by atoms with Crippen LogP contribution in [0.1, 0.15) is 21.6 Å². The van der Waals surface area contributed by atoms with E-state index in [0.29, 0.717) is 22.3 Å². The van der Waals surface area contributed by atoms with Crippen molar-refractivity contribution in [3.05, 3.63) is 70.6 Å². The number of benzene rings is 2. The van der Waals surface area contributed by atoms with E-state index in [9.17, 15) is 4.79 Å². The number of aromatic nitrogens is 2. The zero-order valence-corrected chi connectivity index (χ0v) is 16.0. The third kappa shape index (κ3) is 4.74. The summed E-state index contributed by atoms with van der Waals surface area (Å²) in [6.45, 7) is 4.05. The zero-order valence-electron chi connectivity index (χ0n) is 15.2. The highest BCUT2D eigenvalue weighted by Crippen LogP contribution is 2.27. The van der Waals surface area contributed by atoms with Crippen molar-refractivity contribution in [1.29, 1.82) is 0 Å². The Morgan fingerprint density at radius 3 is 2.41 bits per heavy atom. The number of amides is 1. The van der Waals surface area contributed by atoms with Gasteiger partial charge in [-0.05, 0) is 55.3 Å². The van der Waals surface area contributed by atoms with Gasteiger partial charge in [-0.15, -0.1) is 0 Å². The normalized spacial score (nSPS) is 10.4. The number of nitrogens with one attached hydrogen (secondary N) is 2. The van der Waals surface area contributed by atoms with Crippen LogP contribution in [0.25, 0.3) is 0 Å². The van der Waals surface area contributed by atoms with Gasteiger partial charge in [-0.2, -0.15) is 0 Å². The number of hydrogen-bond donors (Lipinski definition) is 2. The highest BCUT2D eigenvalue weighted by Gasteiger charge is 2.11. The Balaban J connectivity index is 1.76. The third-order valence-electron chi connectivity index (χ3n) is 3.80. The van der Waals surface area contributed by atoms with Gasteiger partial charge >= 0.3 is 0 Å². The first-order valence-corrected chi connectivity index (χ1v) is 8.64. The Labute approximate surface area is 162 Å². The van der Waals surface area contributed by atoms with Crippen LogP contribution in [0.2, 0.25) is 5.02 Å². The van der Waals surface area contributed by atoms with Gasteiger partial charge in [-0.3, -0.25) is 4.79 Å². The lowest BCUT2D eigenvalue weighted by molar-refractivity contribution is 0.102. The quantitative estimate of drug-likeness (QED) is 0.665. The molecule has 0 unspecified atom stereocenters. The number of aryl methyl sites for hydroxylation is 2. The van der Waals surface area contributed by atoms with Crippen LogP contribution in [-0.4, -0.2) is 23.0 Å². The summed E-state index contributed by atoms with van der Waals surface area (Å²) in [7, 11) is 1.53. The summed E-state index contributed by atoms with van der Waals surface area (Å²) >= 11 is 6.09. The van der Waals surface area contributed by atoms with Crippen molar-refractivity contribution < 1.29 is 9.53 Å². The third-order valence-corrected chi connectivity index (χ3v) is 4.10. The van der Waals surface area contributed by atoms with Crippen molar-refractivity contribution in [2.24, 2.45) is 0 Å². The average Bonchev–Trinajstić information content (AvgIpc) is 2.61. The minimum absolute atomic E-state index is 0.240. The molecule has 0 radical (unpaired) electrons. The van der Waals surface area contributed by atoms with E-state index in [4.69, 9.17) is 16.3 Å². The monoisotopic (exact) mass is 382 g/mol. The molecule has 0 saturated carbocycles. The summed E-state index contributed by atoms with van der Waals surface area (Å²) < 4.78 is 5.11. The van der Waals surface area contributed by atoms with Crippen molar-refractivity contribution >= 4 is 34.7 Å². The van der Waals surface area contributed by atoms with Gasteiger partial charge in [0.25, 0.3) is 5.91 Å². The van der Waals surface area contributed by atoms with Crippen molar-refractivity contribution in [3.8, 4) is 5.75 Å². The number of rotatable bonds is 5. The van der Waals surface area contributed by atoms with E-state index in [1.54, 1.807) is 24.3 Å². The van der Waals surface area contributed by atoms with Crippen LogP contribution in [0.3, 0.4) is 0 Å². The Morgan fingerprint density at radius 1 is 1.00 bits per heavy atom. The lowest BCUT2D eigenvalue weighted by Crippen LogP contribution is -2.14. The molecule has 138 valence electrons. The first kappa shape index (κ1) is 18.7. The maximum atomic E-state index is 12.5. The van der Waals surface area contributed by atoms with Crippen LogP contribution in [0.4, 0.5) is 17.2 Å². The van der Waals surface area contributed by atoms with Crippen LogP contribution in [0.5, 0.6) is 5.75 Å². The number of carbonyl (C=O) groups is 1. The molecular formula is C20H19ClN4O2. The molecular weight excluding hydrogens is 364 g/mol. The molecule has 0 aliphatic rings. The molecule has 2 aromatic carbocycles. The van der Waals surface area contributed by atoms with E-state index in [-0.39, 0.29) is 11.6 Å². The molecule has 0 saturated heterocycles. The van der Waals surface area contributed by atoms with Gasteiger partial charge in [0.15, 0.2) is 0 Å². The first-order chi connectivity index (χ1) is 12.9. The van der Waals surface area contributed by atoms with Crippen LogP contribution in [0, 0.1) is 13.8 Å². The molecule has 3 rings (SSSR count). The van der Waals surface area contributed by atoms with Crippen LogP contribution < -0.4 is 15.4 Å². The number of anilines is 3. The highest BCUT2D eigenvalue weighted by molar-refractivity contribution is 6.32. The summed E-state index contributed by atoms with van der Waals surface area (Å²) in [4.78, 5) is 20.7. The molecule has 7 heteroatoms. The second-order valence-electron chi connectivity index (χ2n) is 6.09. The van der Waals surface area contributed by atoms with Gasteiger partial charge in [0, 0.05) is 17.4 Å². The Hall–Kier alpha value is -3.12. The van der Waals surface area contributed by atoms with Gasteiger partial charge in [-0.1, -0.05) is 17.7 Å². The molecule has 0 aliphatic carbocycles. The molecule has 6 nitrogen and oxygen atoms in total. The fourth-order valence-corrected chi connectivity index (χ4v) is 2.94. The predicted octanol–water partition coefficient (Wildman–Crippen LogP) is 4.75. The van der Waals surface area contributed by atoms with Crippen molar-refractivity contribution in [2.75, 3.05) is 17.7 Å². The summed E-state index contributed by atoms with van der Waals surface area (Å²) in [6, 6.07) is 12.7. The van der Waals surface area contributed by atoms with Crippen molar-refractivity contribution in [2.45, 2.75) is 13.8 Å². The first-order valence-electron chi connectivity index (χ1n) is 8.27. The maximum absolute atomic E-state index is 12.5. The molecule has 3 aromatic rings. The Bertz CT molecular complexity index is 971. The fourth-order valence-electron chi connectivity index (χ4n) is 2.68. The smallest absolute Gasteiger partial charge is 0.274 e. The van der Waals surface area contributed by atoms with E-state index < -0.39 is 0 Å². The Morgan fingerprint density at radius 2 is 1.74 bits per heavy atom. The molecule has 2 N–H and O–H groups in total. The number of ether oxygens (including phenoxy) is 1. The molecule has 0 spiro atoms. The SMILES string of the molecule is COc1ccc(NC(=O)c2cc(Nc3cc(C)cc(C)c3)ncn2)cc1Cl. The second-order valence-corrected chi connectivity index (χ2v) is 6.50. The van der Waals surface area contributed by atoms with Gasteiger partial charge < -0.3 is 15.4 Å². The molecule has 0 aliphatic heterocycles. The van der Waals surface area contributed by atoms with E-state index in [1.165, 1.54) is 13.4 Å². The lowest BCUT2D eigenvalue weighted by Gasteiger charge is -2.10. The minimum Gasteiger partial charge on any atom is -0.495 e. The second kappa shape index (κ2) is 8.05. The number of carbonyl (C=O) groups excluding carboxylic acids is 1. The van der Waals surface area contributed by atoms with Crippen LogP contribution in [-0.2, 0) is 0 Å². The molecule has 0 bridgehead atoms. The van der Waals surface area contributed by atoms with E-state index in [0.717, 1.165) is 16.8 Å². The van der Waals surface area contributed by atoms with Gasteiger partial charge in [-0.25, -0.2) is 9.97 Å².